The van der Waals surface area contributed by atoms with E-state index < -0.39 is 9.84 Å². The summed E-state index contributed by atoms with van der Waals surface area (Å²) in [5.74, 6) is 1.91. The molecule has 9 heteroatoms. The molecule has 2 aromatic rings. The molecule has 0 spiro atoms. The first-order valence-electron chi connectivity index (χ1n) is 7.78. The lowest BCUT2D eigenvalue weighted by atomic mass is 10.2. The summed E-state index contributed by atoms with van der Waals surface area (Å²) in [4.78, 5) is 8.78. The Kier molecular flexibility index (Phi) is 5.01. The van der Waals surface area contributed by atoms with Crippen LogP contribution in [0.1, 0.15) is 12.1 Å². The topological polar surface area (TPSA) is 93.2 Å². The minimum atomic E-state index is -2.95. The monoisotopic (exact) mass is 382 g/mol. The minimum Gasteiger partial charge on any atom is -0.495 e. The molecule has 2 N–H and O–H groups in total. The quantitative estimate of drug-likeness (QED) is 0.821. The van der Waals surface area contributed by atoms with Crippen LogP contribution in [-0.2, 0) is 9.84 Å². The van der Waals surface area contributed by atoms with Gasteiger partial charge < -0.3 is 15.4 Å². The van der Waals surface area contributed by atoms with Gasteiger partial charge in [0, 0.05) is 22.8 Å². The van der Waals surface area contributed by atoms with Crippen LogP contribution >= 0.6 is 11.6 Å². The second-order valence-electron chi connectivity index (χ2n) is 5.93. The molecule has 2 heterocycles. The van der Waals surface area contributed by atoms with Gasteiger partial charge in [-0.3, -0.25) is 0 Å². The van der Waals surface area contributed by atoms with Crippen LogP contribution in [0, 0.1) is 6.92 Å². The Balaban J connectivity index is 1.81. The van der Waals surface area contributed by atoms with Crippen molar-refractivity contribution in [3.63, 3.8) is 0 Å². The predicted octanol–water partition coefficient (Wildman–Crippen LogP) is 2.79. The van der Waals surface area contributed by atoms with Crippen LogP contribution in [0.15, 0.2) is 24.3 Å². The van der Waals surface area contributed by atoms with Gasteiger partial charge in [0.25, 0.3) is 0 Å². The van der Waals surface area contributed by atoms with E-state index >= 15 is 0 Å². The zero-order valence-corrected chi connectivity index (χ0v) is 15.5. The standard InChI is InChI=1S/C16H19ClN4O3S/c1-10-7-15(19-12-5-6-25(22,23)9-12)21-16(18-10)20-13-8-11(17)3-4-14(13)24-2/h3-4,7-8,12H,5-6,9H2,1-2H3,(H2,18,19,20,21). The summed E-state index contributed by atoms with van der Waals surface area (Å²) in [6, 6.07) is 6.86. The number of methoxy groups -OCH3 is 1. The third kappa shape index (κ3) is 4.52. The molecule has 0 bridgehead atoms. The maximum absolute atomic E-state index is 11.6. The van der Waals surface area contributed by atoms with Crippen molar-refractivity contribution >= 4 is 38.9 Å². The van der Waals surface area contributed by atoms with Gasteiger partial charge >= 0.3 is 0 Å². The van der Waals surface area contributed by atoms with Crippen molar-refractivity contribution in [2.45, 2.75) is 19.4 Å². The summed E-state index contributed by atoms with van der Waals surface area (Å²) in [6.45, 7) is 1.85. The van der Waals surface area contributed by atoms with Gasteiger partial charge in [0.15, 0.2) is 9.84 Å². The van der Waals surface area contributed by atoms with Gasteiger partial charge in [-0.15, -0.1) is 0 Å². The highest BCUT2D eigenvalue weighted by Crippen LogP contribution is 2.30. The number of benzene rings is 1. The fourth-order valence-corrected chi connectivity index (χ4v) is 4.56. The maximum Gasteiger partial charge on any atom is 0.229 e. The van der Waals surface area contributed by atoms with Gasteiger partial charge in [-0.2, -0.15) is 4.98 Å². The first-order valence-corrected chi connectivity index (χ1v) is 9.98. The third-order valence-electron chi connectivity index (χ3n) is 3.85. The Hall–Kier alpha value is -2.06. The number of anilines is 3. The van der Waals surface area contributed by atoms with Gasteiger partial charge in [-0.1, -0.05) is 11.6 Å². The fraction of sp³-hybridized carbons (Fsp3) is 0.375. The van der Waals surface area contributed by atoms with Crippen LogP contribution in [0.5, 0.6) is 5.75 Å². The Labute approximate surface area is 151 Å². The molecule has 1 unspecified atom stereocenters. The Morgan fingerprint density at radius 2 is 2.08 bits per heavy atom. The highest BCUT2D eigenvalue weighted by atomic mass is 35.5. The molecule has 1 fully saturated rings. The van der Waals surface area contributed by atoms with E-state index in [4.69, 9.17) is 16.3 Å². The van der Waals surface area contributed by atoms with Crippen LogP contribution in [-0.4, -0.2) is 43.0 Å². The summed E-state index contributed by atoms with van der Waals surface area (Å²) in [7, 11) is -1.38. The number of hydrogen-bond acceptors (Lipinski definition) is 7. The van der Waals surface area contributed by atoms with E-state index in [2.05, 4.69) is 20.6 Å². The number of aryl methyl sites for hydroxylation is 1. The molecule has 3 rings (SSSR count). The van der Waals surface area contributed by atoms with E-state index in [1.54, 1.807) is 31.4 Å². The Morgan fingerprint density at radius 3 is 2.76 bits per heavy atom. The summed E-state index contributed by atoms with van der Waals surface area (Å²) < 4.78 is 28.5. The van der Waals surface area contributed by atoms with Crippen LogP contribution in [0.25, 0.3) is 0 Å². The summed E-state index contributed by atoms with van der Waals surface area (Å²) >= 11 is 6.04. The number of hydrogen-bond donors (Lipinski definition) is 2. The summed E-state index contributed by atoms with van der Waals surface area (Å²) in [5, 5.41) is 6.83. The number of ether oxygens (including phenoxy) is 1. The molecule has 1 atom stereocenters. The molecule has 134 valence electrons. The fourth-order valence-electron chi connectivity index (χ4n) is 2.71. The number of rotatable bonds is 5. The van der Waals surface area contributed by atoms with Gasteiger partial charge in [0.2, 0.25) is 5.95 Å². The van der Waals surface area contributed by atoms with E-state index in [-0.39, 0.29) is 17.5 Å². The highest BCUT2D eigenvalue weighted by Gasteiger charge is 2.28. The van der Waals surface area contributed by atoms with E-state index in [1.165, 1.54) is 0 Å². The Bertz CT molecular complexity index is 889. The van der Waals surface area contributed by atoms with Crippen LogP contribution in [0.2, 0.25) is 5.02 Å². The Morgan fingerprint density at radius 1 is 1.28 bits per heavy atom. The summed E-state index contributed by atoms with van der Waals surface area (Å²) in [6.07, 6.45) is 0.580. The van der Waals surface area contributed by atoms with Crippen molar-refractivity contribution in [2.75, 3.05) is 29.2 Å². The van der Waals surface area contributed by atoms with Gasteiger partial charge in [0.05, 0.1) is 24.3 Å². The lowest BCUT2D eigenvalue weighted by Crippen LogP contribution is -2.21. The van der Waals surface area contributed by atoms with Crippen molar-refractivity contribution in [3.05, 3.63) is 35.0 Å². The smallest absolute Gasteiger partial charge is 0.229 e. The van der Waals surface area contributed by atoms with Crippen molar-refractivity contribution in [1.82, 2.24) is 9.97 Å². The molecule has 0 saturated carbocycles. The van der Waals surface area contributed by atoms with Gasteiger partial charge in [0.1, 0.15) is 11.6 Å². The normalized spacial score (nSPS) is 18.8. The van der Waals surface area contributed by atoms with Crippen LogP contribution in [0.3, 0.4) is 0 Å². The molecular formula is C16H19ClN4O3S. The van der Waals surface area contributed by atoms with Crippen molar-refractivity contribution in [3.8, 4) is 5.75 Å². The molecule has 25 heavy (non-hydrogen) atoms. The zero-order valence-electron chi connectivity index (χ0n) is 13.9. The molecule has 1 aliphatic rings. The SMILES string of the molecule is COc1ccc(Cl)cc1Nc1nc(C)cc(NC2CCS(=O)(=O)C2)n1. The first kappa shape index (κ1) is 17.8. The van der Waals surface area contributed by atoms with Crippen LogP contribution < -0.4 is 15.4 Å². The van der Waals surface area contributed by atoms with Crippen molar-refractivity contribution < 1.29 is 13.2 Å². The van der Waals surface area contributed by atoms with Crippen molar-refractivity contribution in [1.29, 1.82) is 0 Å². The largest absolute Gasteiger partial charge is 0.495 e. The third-order valence-corrected chi connectivity index (χ3v) is 5.85. The lowest BCUT2D eigenvalue weighted by Gasteiger charge is -2.14. The molecule has 0 aliphatic carbocycles. The van der Waals surface area contributed by atoms with E-state index in [0.29, 0.717) is 34.6 Å². The maximum atomic E-state index is 11.6. The number of nitrogens with zero attached hydrogens (tertiary/aromatic N) is 2. The second-order valence-corrected chi connectivity index (χ2v) is 8.60. The van der Waals surface area contributed by atoms with Gasteiger partial charge in [-0.25, -0.2) is 13.4 Å². The second kappa shape index (κ2) is 7.05. The minimum absolute atomic E-state index is 0.126. The lowest BCUT2D eigenvalue weighted by molar-refractivity contribution is 0.417. The number of sulfone groups is 1. The molecule has 1 aromatic heterocycles. The molecule has 1 saturated heterocycles. The first-order chi connectivity index (χ1) is 11.8. The van der Waals surface area contributed by atoms with E-state index in [9.17, 15) is 8.42 Å². The zero-order chi connectivity index (χ0) is 18.0. The average Bonchev–Trinajstić information content (AvgIpc) is 2.85. The highest BCUT2D eigenvalue weighted by molar-refractivity contribution is 7.91. The number of nitrogens with one attached hydrogen (secondary N) is 2. The van der Waals surface area contributed by atoms with E-state index in [0.717, 1.165) is 5.69 Å². The molecule has 7 nitrogen and oxygen atoms in total. The molecule has 1 aliphatic heterocycles. The molecule has 0 amide bonds. The number of halogens is 1. The molecular weight excluding hydrogens is 364 g/mol. The summed E-state index contributed by atoms with van der Waals surface area (Å²) in [5.41, 5.74) is 1.40. The van der Waals surface area contributed by atoms with Gasteiger partial charge in [-0.05, 0) is 31.5 Å². The molecule has 0 radical (unpaired) electrons. The van der Waals surface area contributed by atoms with E-state index in [1.807, 2.05) is 6.92 Å². The predicted molar refractivity (Wildman–Crippen MR) is 98.7 cm³/mol. The number of aromatic nitrogens is 2. The average molecular weight is 383 g/mol. The molecule has 1 aromatic carbocycles. The van der Waals surface area contributed by atoms with Crippen molar-refractivity contribution in [2.24, 2.45) is 0 Å². The van der Waals surface area contributed by atoms with Crippen LogP contribution in [0.4, 0.5) is 17.5 Å².